The van der Waals surface area contributed by atoms with Crippen molar-refractivity contribution >= 4 is 17.9 Å². The fraction of sp³-hybridized carbons (Fsp3) is 0.513. The number of carbonyl (C=O) groups is 3. The highest BCUT2D eigenvalue weighted by molar-refractivity contribution is 5.71. The Morgan fingerprint density at radius 1 is 0.256 bits per heavy atom. The van der Waals surface area contributed by atoms with Crippen LogP contribution in [0.1, 0.15) is 233 Å². The number of esters is 3. The molecule has 0 bridgehead atoms. The number of ether oxygens (including phenoxy) is 3. The molecule has 0 spiro atoms. The van der Waals surface area contributed by atoms with Gasteiger partial charge in [0.05, 0.1) is 0 Å². The average Bonchev–Trinajstić information content (AvgIpc) is 3.47. The van der Waals surface area contributed by atoms with Crippen LogP contribution in [0.25, 0.3) is 0 Å². The Bertz CT molecular complexity index is 2020. The SMILES string of the molecule is CC/C=C\C/C=C\C/C=C\C/C=C\C/C=C\C/C=C\C/C=C\C/C=C\C/C=C\CCCC(=O)OCC(COC(=O)CCCCCCC/C=C\CCCCC)OC(=O)CCC/C=C\C/C=C\C/C=C\C/C=C\C/C=C\C/C=C\C/C=C\CC. The van der Waals surface area contributed by atoms with Crippen LogP contribution in [0.2, 0.25) is 0 Å². The molecule has 0 saturated heterocycles. The summed E-state index contributed by atoms with van der Waals surface area (Å²) in [6.07, 6.45) is 104. The molecule has 0 amide bonds. The van der Waals surface area contributed by atoms with Crippen LogP contribution in [0, 0.1) is 0 Å². The van der Waals surface area contributed by atoms with Gasteiger partial charge >= 0.3 is 17.9 Å². The number of carbonyl (C=O) groups excluding carboxylic acids is 3. The van der Waals surface area contributed by atoms with E-state index in [0.717, 1.165) is 148 Å². The Morgan fingerprint density at radius 2 is 0.488 bits per heavy atom. The second-order valence-electron chi connectivity index (χ2n) is 20.2. The minimum atomic E-state index is -0.850. The largest absolute Gasteiger partial charge is 0.462 e. The lowest BCUT2D eigenvalue weighted by Gasteiger charge is -2.18. The molecule has 1 unspecified atom stereocenters. The van der Waals surface area contributed by atoms with Crippen LogP contribution in [-0.4, -0.2) is 37.2 Å². The zero-order valence-electron chi connectivity index (χ0n) is 51.9. The number of rotatable bonds is 55. The summed E-state index contributed by atoms with van der Waals surface area (Å²) in [6.45, 7) is 6.26. The molecule has 0 N–H and O–H groups in total. The Balaban J connectivity index is 4.56. The first kappa shape index (κ1) is 76.0. The van der Waals surface area contributed by atoms with E-state index in [1.54, 1.807) is 0 Å². The van der Waals surface area contributed by atoms with E-state index in [2.05, 4.69) is 227 Å². The molecule has 0 saturated carbocycles. The quantitative estimate of drug-likeness (QED) is 0.0261. The number of hydrogen-bond acceptors (Lipinski definition) is 6. The molecule has 454 valence electrons. The van der Waals surface area contributed by atoms with Crippen LogP contribution in [0.4, 0.5) is 0 Å². The number of hydrogen-bond donors (Lipinski definition) is 0. The predicted octanol–water partition coefficient (Wildman–Crippen LogP) is 22.4. The maximum absolute atomic E-state index is 12.9. The van der Waals surface area contributed by atoms with Crippen molar-refractivity contribution in [3.63, 3.8) is 0 Å². The van der Waals surface area contributed by atoms with Crippen molar-refractivity contribution in [1.82, 2.24) is 0 Å². The van der Waals surface area contributed by atoms with Gasteiger partial charge in [-0.1, -0.05) is 259 Å². The van der Waals surface area contributed by atoms with Crippen LogP contribution in [-0.2, 0) is 28.6 Å². The highest BCUT2D eigenvalue weighted by atomic mass is 16.6. The third kappa shape index (κ3) is 64.8. The molecule has 0 rings (SSSR count). The van der Waals surface area contributed by atoms with E-state index < -0.39 is 12.1 Å². The summed E-state index contributed by atoms with van der Waals surface area (Å²) in [7, 11) is 0. The molecule has 0 fully saturated rings. The molecular formula is C76H114O6. The zero-order chi connectivity index (χ0) is 59.2. The summed E-state index contributed by atoms with van der Waals surface area (Å²) in [4.78, 5) is 38.2. The van der Waals surface area contributed by atoms with Crippen molar-refractivity contribution in [2.24, 2.45) is 0 Å². The first-order valence-electron chi connectivity index (χ1n) is 32.1. The smallest absolute Gasteiger partial charge is 0.306 e. The molecule has 0 aliphatic rings. The summed E-state index contributed by atoms with van der Waals surface area (Å²) in [5, 5.41) is 0. The predicted molar refractivity (Wildman–Crippen MR) is 357 cm³/mol. The van der Waals surface area contributed by atoms with Gasteiger partial charge in [0.15, 0.2) is 6.10 Å². The first-order chi connectivity index (χ1) is 40.5. The third-order valence-corrected chi connectivity index (χ3v) is 12.5. The van der Waals surface area contributed by atoms with Crippen molar-refractivity contribution in [2.75, 3.05) is 13.2 Å². The Labute approximate surface area is 502 Å². The normalized spacial score (nSPS) is 13.5. The van der Waals surface area contributed by atoms with Gasteiger partial charge in [0.25, 0.3) is 0 Å². The van der Waals surface area contributed by atoms with E-state index in [9.17, 15) is 14.4 Å². The van der Waals surface area contributed by atoms with E-state index >= 15 is 0 Å². The van der Waals surface area contributed by atoms with E-state index in [1.165, 1.54) is 32.1 Å². The lowest BCUT2D eigenvalue weighted by molar-refractivity contribution is -0.167. The van der Waals surface area contributed by atoms with Gasteiger partial charge in [-0.15, -0.1) is 0 Å². The summed E-state index contributed by atoms with van der Waals surface area (Å²) >= 11 is 0. The van der Waals surface area contributed by atoms with Crippen molar-refractivity contribution in [3.05, 3.63) is 207 Å². The van der Waals surface area contributed by atoms with E-state index in [0.29, 0.717) is 19.3 Å². The molecule has 82 heavy (non-hydrogen) atoms. The average molecular weight is 1120 g/mol. The Morgan fingerprint density at radius 3 is 0.805 bits per heavy atom. The molecule has 6 nitrogen and oxygen atoms in total. The molecule has 0 radical (unpaired) electrons. The van der Waals surface area contributed by atoms with E-state index in [-0.39, 0.29) is 38.0 Å². The van der Waals surface area contributed by atoms with Crippen LogP contribution < -0.4 is 0 Å². The molecular weight excluding hydrogens is 1010 g/mol. The topological polar surface area (TPSA) is 78.9 Å². The van der Waals surface area contributed by atoms with Crippen LogP contribution >= 0.6 is 0 Å². The molecule has 0 aromatic heterocycles. The number of allylic oxidation sites excluding steroid dienone is 34. The number of unbranched alkanes of at least 4 members (excludes halogenated alkanes) is 10. The summed E-state index contributed by atoms with van der Waals surface area (Å²) in [6, 6.07) is 0. The molecule has 0 aromatic rings. The zero-order valence-corrected chi connectivity index (χ0v) is 51.9. The third-order valence-electron chi connectivity index (χ3n) is 12.5. The summed E-state index contributed by atoms with van der Waals surface area (Å²) < 4.78 is 16.8. The van der Waals surface area contributed by atoms with E-state index in [1.807, 2.05) is 0 Å². The van der Waals surface area contributed by atoms with Gasteiger partial charge in [0.2, 0.25) is 0 Å². The van der Waals surface area contributed by atoms with Gasteiger partial charge in [-0.2, -0.15) is 0 Å². The standard InChI is InChI=1S/C76H114O6/c1-4-7-10-13-16-19-22-25-27-29-31-33-35-36-37-38-39-40-42-43-45-47-49-51-54-57-60-63-66-69-75(78)81-72-73(71-80-74(77)68-65-62-59-56-53-24-21-18-15-12-9-6-3)82-76(79)70-67-64-61-58-55-52-50-48-46-44-41-34-32-30-28-26-23-20-17-14-11-8-5-2/h7-8,10-11,16-21,25-28,31-34,36-37,39-40,43-46,49-52,57-58,60-61,73H,4-6,9,12-15,22-24,29-30,35,38,41-42,47-48,53-56,59,62-72H2,1-3H3/b10-7-,11-8-,19-16-,20-17-,21-18-,27-25-,28-26-,33-31-,34-32-,37-36-,40-39-,45-43-,46-44-,51-49-,52-50-,60-57-,61-58-. The fourth-order valence-electron chi connectivity index (χ4n) is 7.78. The van der Waals surface area contributed by atoms with Crippen molar-refractivity contribution in [1.29, 1.82) is 0 Å². The van der Waals surface area contributed by atoms with Crippen LogP contribution in [0.5, 0.6) is 0 Å². The van der Waals surface area contributed by atoms with E-state index in [4.69, 9.17) is 14.2 Å². The van der Waals surface area contributed by atoms with Gasteiger partial charge in [-0.05, 0) is 161 Å². The lowest BCUT2D eigenvalue weighted by atomic mass is 10.1. The lowest BCUT2D eigenvalue weighted by Crippen LogP contribution is -2.30. The second-order valence-corrected chi connectivity index (χ2v) is 20.2. The van der Waals surface area contributed by atoms with Gasteiger partial charge in [-0.3, -0.25) is 14.4 Å². The molecule has 0 aliphatic heterocycles. The first-order valence-corrected chi connectivity index (χ1v) is 32.1. The van der Waals surface area contributed by atoms with Gasteiger partial charge in [0.1, 0.15) is 13.2 Å². The van der Waals surface area contributed by atoms with Gasteiger partial charge in [-0.25, -0.2) is 0 Å². The highest BCUT2D eigenvalue weighted by Crippen LogP contribution is 2.12. The Kier molecular flexibility index (Phi) is 62.5. The van der Waals surface area contributed by atoms with Crippen LogP contribution in [0.3, 0.4) is 0 Å². The minimum absolute atomic E-state index is 0.135. The van der Waals surface area contributed by atoms with Gasteiger partial charge in [0, 0.05) is 19.3 Å². The molecule has 0 aliphatic carbocycles. The summed E-state index contributed by atoms with van der Waals surface area (Å²) in [5.74, 6) is -1.08. The monoisotopic (exact) mass is 1120 g/mol. The molecule has 1 atom stereocenters. The van der Waals surface area contributed by atoms with Crippen LogP contribution in [0.15, 0.2) is 207 Å². The van der Waals surface area contributed by atoms with Gasteiger partial charge < -0.3 is 14.2 Å². The van der Waals surface area contributed by atoms with Crippen molar-refractivity contribution < 1.29 is 28.6 Å². The molecule has 0 aromatic carbocycles. The van der Waals surface area contributed by atoms with Crippen molar-refractivity contribution in [3.8, 4) is 0 Å². The maximum Gasteiger partial charge on any atom is 0.306 e. The van der Waals surface area contributed by atoms with Crippen molar-refractivity contribution in [2.45, 2.75) is 239 Å². The Hall–Kier alpha value is -6.01. The fourth-order valence-corrected chi connectivity index (χ4v) is 7.78. The highest BCUT2D eigenvalue weighted by Gasteiger charge is 2.19. The minimum Gasteiger partial charge on any atom is -0.462 e. The second kappa shape index (κ2) is 67.5. The summed E-state index contributed by atoms with van der Waals surface area (Å²) in [5.41, 5.74) is 0. The molecule has 0 heterocycles. The maximum atomic E-state index is 12.9. The molecule has 6 heteroatoms.